The van der Waals surface area contributed by atoms with Crippen LogP contribution in [0.4, 0.5) is 5.82 Å². The summed E-state index contributed by atoms with van der Waals surface area (Å²) in [5.74, 6) is 5.53. The molecule has 2 aromatic rings. The fourth-order valence-corrected chi connectivity index (χ4v) is 3.38. The molecule has 0 aliphatic rings. The van der Waals surface area contributed by atoms with Crippen LogP contribution in [0.2, 0.25) is 0 Å². The van der Waals surface area contributed by atoms with Gasteiger partial charge in [-0.3, -0.25) is 0 Å². The first kappa shape index (κ1) is 14.9. The Labute approximate surface area is 121 Å². The van der Waals surface area contributed by atoms with E-state index in [1.165, 1.54) is 41.0 Å². The molecule has 0 unspecified atom stereocenters. The van der Waals surface area contributed by atoms with Gasteiger partial charge in [0, 0.05) is 24.7 Å². The van der Waals surface area contributed by atoms with Crippen molar-refractivity contribution >= 4 is 27.2 Å². The first-order chi connectivity index (χ1) is 9.43. The normalized spacial score (nSPS) is 11.8. The first-order valence-electron chi connectivity index (χ1n) is 5.73. The van der Waals surface area contributed by atoms with Crippen LogP contribution in [0.5, 0.6) is 0 Å². The van der Waals surface area contributed by atoms with Crippen LogP contribution in [-0.2, 0) is 16.6 Å². The zero-order valence-corrected chi connectivity index (χ0v) is 12.7. The van der Waals surface area contributed by atoms with Gasteiger partial charge in [-0.05, 0) is 13.0 Å². The lowest BCUT2D eigenvalue weighted by molar-refractivity contribution is 0.462. The molecule has 0 aromatic carbocycles. The number of hydrogen-bond donors (Lipinski definition) is 2. The topological polar surface area (TPSA) is 101 Å². The molecule has 0 radical (unpaired) electrons. The van der Waals surface area contributed by atoms with Crippen LogP contribution >= 0.6 is 11.3 Å². The van der Waals surface area contributed by atoms with Gasteiger partial charge in [-0.2, -0.15) is 4.31 Å². The molecule has 108 valence electrons. The molecule has 7 nitrogen and oxygen atoms in total. The van der Waals surface area contributed by atoms with E-state index >= 15 is 0 Å². The molecule has 3 N–H and O–H groups in total. The SMILES string of the molecule is Cc1nc(CN(C)S(=O)(=O)c2ccnc(NN)c2)cs1. The molecule has 2 aromatic heterocycles. The van der Waals surface area contributed by atoms with E-state index in [4.69, 9.17) is 5.84 Å². The lowest BCUT2D eigenvalue weighted by Gasteiger charge is -2.16. The number of rotatable bonds is 5. The number of nitrogens with two attached hydrogens (primary N) is 1. The van der Waals surface area contributed by atoms with Gasteiger partial charge in [0.15, 0.2) is 0 Å². The fraction of sp³-hybridized carbons (Fsp3) is 0.273. The highest BCUT2D eigenvalue weighted by Crippen LogP contribution is 2.19. The van der Waals surface area contributed by atoms with Gasteiger partial charge in [0.05, 0.1) is 22.1 Å². The second kappa shape index (κ2) is 5.83. The third-order valence-corrected chi connectivity index (χ3v) is 5.26. The number of aromatic nitrogens is 2. The Kier molecular flexibility index (Phi) is 4.33. The smallest absolute Gasteiger partial charge is 0.243 e. The van der Waals surface area contributed by atoms with E-state index in [1.807, 2.05) is 12.3 Å². The average Bonchev–Trinajstić information content (AvgIpc) is 2.84. The predicted molar refractivity (Wildman–Crippen MR) is 77.6 cm³/mol. The number of sulfonamides is 1. The van der Waals surface area contributed by atoms with Crippen molar-refractivity contribution in [1.82, 2.24) is 14.3 Å². The quantitative estimate of drug-likeness (QED) is 0.629. The minimum atomic E-state index is -3.60. The highest BCUT2D eigenvalue weighted by atomic mass is 32.2. The van der Waals surface area contributed by atoms with Gasteiger partial charge in [0.25, 0.3) is 0 Å². The maximum Gasteiger partial charge on any atom is 0.243 e. The van der Waals surface area contributed by atoms with E-state index in [1.54, 1.807) is 0 Å². The van der Waals surface area contributed by atoms with Crippen LogP contribution < -0.4 is 11.3 Å². The second-order valence-electron chi connectivity index (χ2n) is 4.14. The highest BCUT2D eigenvalue weighted by Gasteiger charge is 2.22. The molecule has 20 heavy (non-hydrogen) atoms. The van der Waals surface area contributed by atoms with Crippen molar-refractivity contribution in [2.24, 2.45) is 5.84 Å². The minimum absolute atomic E-state index is 0.134. The van der Waals surface area contributed by atoms with E-state index in [9.17, 15) is 8.42 Å². The third kappa shape index (κ3) is 3.12. The zero-order chi connectivity index (χ0) is 14.8. The van der Waals surface area contributed by atoms with Crippen molar-refractivity contribution < 1.29 is 8.42 Å². The lowest BCUT2D eigenvalue weighted by Crippen LogP contribution is -2.27. The van der Waals surface area contributed by atoms with E-state index in [0.29, 0.717) is 5.82 Å². The summed E-state index contributed by atoms with van der Waals surface area (Å²) in [7, 11) is -2.08. The minimum Gasteiger partial charge on any atom is -0.308 e. The lowest BCUT2D eigenvalue weighted by atomic mass is 10.5. The Morgan fingerprint density at radius 1 is 1.50 bits per heavy atom. The molecule has 2 heterocycles. The fourth-order valence-electron chi connectivity index (χ4n) is 1.62. The molecule has 0 amide bonds. The Morgan fingerprint density at radius 2 is 2.25 bits per heavy atom. The Morgan fingerprint density at radius 3 is 2.85 bits per heavy atom. The van der Waals surface area contributed by atoms with Gasteiger partial charge < -0.3 is 5.43 Å². The molecule has 0 aliphatic carbocycles. The van der Waals surface area contributed by atoms with Crippen molar-refractivity contribution in [2.75, 3.05) is 12.5 Å². The number of anilines is 1. The van der Waals surface area contributed by atoms with Crippen LogP contribution in [0.25, 0.3) is 0 Å². The average molecular weight is 313 g/mol. The summed E-state index contributed by atoms with van der Waals surface area (Å²) in [6, 6.07) is 2.82. The van der Waals surface area contributed by atoms with Crippen LogP contribution in [0, 0.1) is 6.92 Å². The van der Waals surface area contributed by atoms with Gasteiger partial charge in [-0.25, -0.2) is 24.2 Å². The van der Waals surface area contributed by atoms with Gasteiger partial charge in [0.2, 0.25) is 10.0 Å². The number of nitrogen functional groups attached to an aromatic ring is 1. The van der Waals surface area contributed by atoms with Crippen molar-refractivity contribution in [2.45, 2.75) is 18.4 Å². The molecule has 0 atom stereocenters. The Bertz CT molecular complexity index is 698. The number of thiazole rings is 1. The third-order valence-electron chi connectivity index (χ3n) is 2.64. The molecule has 0 saturated carbocycles. The monoisotopic (exact) mass is 313 g/mol. The van der Waals surface area contributed by atoms with Crippen molar-refractivity contribution in [3.8, 4) is 0 Å². The maximum absolute atomic E-state index is 12.4. The summed E-state index contributed by atoms with van der Waals surface area (Å²) in [5, 5.41) is 2.75. The van der Waals surface area contributed by atoms with E-state index in [-0.39, 0.29) is 11.4 Å². The Balaban J connectivity index is 2.24. The molecule has 0 saturated heterocycles. The summed E-state index contributed by atoms with van der Waals surface area (Å²) in [5.41, 5.74) is 3.05. The van der Waals surface area contributed by atoms with E-state index < -0.39 is 10.0 Å². The van der Waals surface area contributed by atoms with Crippen LogP contribution in [-0.4, -0.2) is 29.7 Å². The van der Waals surface area contributed by atoms with Crippen LogP contribution in [0.15, 0.2) is 28.6 Å². The largest absolute Gasteiger partial charge is 0.308 e. The Hall–Kier alpha value is -1.55. The number of hydrogen-bond acceptors (Lipinski definition) is 7. The molecule has 0 bridgehead atoms. The molecule has 0 spiro atoms. The summed E-state index contributed by atoms with van der Waals surface area (Å²) in [6.07, 6.45) is 1.39. The number of nitrogens with one attached hydrogen (secondary N) is 1. The number of hydrazine groups is 1. The van der Waals surface area contributed by atoms with Gasteiger partial charge in [0.1, 0.15) is 5.82 Å². The standard InChI is InChI=1S/C11H15N5O2S2/c1-8-14-9(7-19-8)6-16(2)20(17,18)10-3-4-13-11(5-10)15-12/h3-5,7H,6,12H2,1-2H3,(H,13,15). The number of aryl methyl sites for hydroxylation is 1. The van der Waals surface area contributed by atoms with Gasteiger partial charge in [-0.1, -0.05) is 0 Å². The molecular formula is C11H15N5O2S2. The second-order valence-corrected chi connectivity index (χ2v) is 7.25. The zero-order valence-electron chi connectivity index (χ0n) is 11.1. The number of nitrogens with zero attached hydrogens (tertiary/aromatic N) is 3. The first-order valence-corrected chi connectivity index (χ1v) is 8.05. The van der Waals surface area contributed by atoms with Crippen molar-refractivity contribution in [3.63, 3.8) is 0 Å². The van der Waals surface area contributed by atoms with Crippen LogP contribution in [0.3, 0.4) is 0 Å². The number of pyridine rings is 1. The molecule has 2 rings (SSSR count). The summed E-state index contributed by atoms with van der Waals surface area (Å²) < 4.78 is 26.1. The van der Waals surface area contributed by atoms with Gasteiger partial charge in [-0.15, -0.1) is 11.3 Å². The molecule has 0 aliphatic heterocycles. The van der Waals surface area contributed by atoms with E-state index in [2.05, 4.69) is 15.4 Å². The summed E-state index contributed by atoms with van der Waals surface area (Å²) in [6.45, 7) is 2.10. The van der Waals surface area contributed by atoms with Crippen molar-refractivity contribution in [3.05, 3.63) is 34.4 Å². The van der Waals surface area contributed by atoms with Crippen LogP contribution in [0.1, 0.15) is 10.7 Å². The summed E-state index contributed by atoms with van der Waals surface area (Å²) >= 11 is 1.49. The predicted octanol–water partition coefficient (Wildman–Crippen LogP) is 0.953. The van der Waals surface area contributed by atoms with E-state index in [0.717, 1.165) is 10.7 Å². The summed E-state index contributed by atoms with van der Waals surface area (Å²) in [4.78, 5) is 8.28. The van der Waals surface area contributed by atoms with Gasteiger partial charge >= 0.3 is 0 Å². The maximum atomic E-state index is 12.4. The molecular weight excluding hydrogens is 298 g/mol. The molecule has 0 fully saturated rings. The molecule has 9 heteroatoms. The van der Waals surface area contributed by atoms with Crippen molar-refractivity contribution in [1.29, 1.82) is 0 Å². The highest BCUT2D eigenvalue weighted by molar-refractivity contribution is 7.89.